The fourth-order valence-corrected chi connectivity index (χ4v) is 4.18. The molecule has 142 valence electrons. The number of ether oxygens (including phenoxy) is 1. The Labute approximate surface area is 158 Å². The average Bonchev–Trinajstić information content (AvgIpc) is 3.26. The Kier molecular flexibility index (Phi) is 4.61. The number of fused-ring (bicyclic) bond motifs is 2. The van der Waals surface area contributed by atoms with Crippen LogP contribution < -0.4 is 4.74 Å². The molecule has 3 aromatic rings. The molecule has 0 fully saturated rings. The van der Waals surface area contributed by atoms with Gasteiger partial charge in [0.05, 0.1) is 31.7 Å². The van der Waals surface area contributed by atoms with E-state index in [1.54, 1.807) is 7.11 Å². The summed E-state index contributed by atoms with van der Waals surface area (Å²) in [5, 5.41) is 24.4. The van der Waals surface area contributed by atoms with Crippen molar-refractivity contribution in [2.75, 3.05) is 20.3 Å². The Hall–Kier alpha value is -2.44. The van der Waals surface area contributed by atoms with Crippen molar-refractivity contribution < 1.29 is 14.9 Å². The summed E-state index contributed by atoms with van der Waals surface area (Å²) in [7, 11) is 1.66. The van der Waals surface area contributed by atoms with Crippen molar-refractivity contribution in [3.05, 3.63) is 46.4 Å². The van der Waals surface area contributed by atoms with Crippen molar-refractivity contribution in [2.24, 2.45) is 0 Å². The van der Waals surface area contributed by atoms with Crippen LogP contribution in [0.2, 0.25) is 0 Å². The predicted molar refractivity (Wildman–Crippen MR) is 103 cm³/mol. The van der Waals surface area contributed by atoms with Crippen molar-refractivity contribution in [1.82, 2.24) is 14.6 Å². The minimum atomic E-state index is -0.355. The monoisotopic (exact) mass is 367 g/mol. The highest BCUT2D eigenvalue weighted by molar-refractivity contribution is 5.82. The van der Waals surface area contributed by atoms with Gasteiger partial charge < -0.3 is 14.9 Å². The number of hydrogen-bond donors (Lipinski definition) is 2. The third kappa shape index (κ3) is 2.80. The lowest BCUT2D eigenvalue weighted by molar-refractivity contribution is 0.188. The molecule has 1 aliphatic rings. The summed E-state index contributed by atoms with van der Waals surface area (Å²) < 4.78 is 7.18. The summed E-state index contributed by atoms with van der Waals surface area (Å²) in [4.78, 5) is 4.95. The molecular formula is C21H25N3O3. The van der Waals surface area contributed by atoms with Crippen LogP contribution >= 0.6 is 0 Å². The molecule has 0 spiro atoms. The van der Waals surface area contributed by atoms with Crippen LogP contribution in [0.1, 0.15) is 40.5 Å². The lowest BCUT2D eigenvalue weighted by Crippen LogP contribution is -2.17. The lowest BCUT2D eigenvalue weighted by Gasteiger charge is -2.17. The number of aromatic nitrogens is 3. The molecule has 0 aliphatic heterocycles. The van der Waals surface area contributed by atoms with E-state index >= 15 is 0 Å². The Morgan fingerprint density at radius 2 is 1.96 bits per heavy atom. The van der Waals surface area contributed by atoms with Crippen LogP contribution in [0.5, 0.6) is 5.75 Å². The number of rotatable bonds is 5. The zero-order valence-corrected chi connectivity index (χ0v) is 16.0. The van der Waals surface area contributed by atoms with Gasteiger partial charge in [0.25, 0.3) is 0 Å². The average molecular weight is 367 g/mol. The fraction of sp³-hybridized carbons (Fsp3) is 0.429. The van der Waals surface area contributed by atoms with Crippen molar-refractivity contribution in [1.29, 1.82) is 0 Å². The maximum atomic E-state index is 9.83. The Morgan fingerprint density at radius 3 is 2.63 bits per heavy atom. The molecule has 27 heavy (non-hydrogen) atoms. The van der Waals surface area contributed by atoms with Gasteiger partial charge in [0.2, 0.25) is 0 Å². The molecule has 4 rings (SSSR count). The van der Waals surface area contributed by atoms with Crippen molar-refractivity contribution >= 4 is 5.65 Å². The third-order valence-corrected chi connectivity index (χ3v) is 5.53. The van der Waals surface area contributed by atoms with Gasteiger partial charge >= 0.3 is 0 Å². The van der Waals surface area contributed by atoms with Gasteiger partial charge in [-0.2, -0.15) is 5.10 Å². The molecule has 0 radical (unpaired) electrons. The minimum Gasteiger partial charge on any atom is -0.497 e. The number of aryl methyl sites for hydroxylation is 3. The van der Waals surface area contributed by atoms with E-state index in [1.807, 2.05) is 29.6 Å². The molecular weight excluding hydrogens is 342 g/mol. The second kappa shape index (κ2) is 6.94. The van der Waals surface area contributed by atoms with Crippen LogP contribution in [-0.4, -0.2) is 45.1 Å². The van der Waals surface area contributed by atoms with Gasteiger partial charge in [0.1, 0.15) is 5.75 Å². The SMILES string of the molecule is COc1ccc(-c2c(C)nn3c(C(CO)CO)c4c(nc23)CCC4)c(C)c1. The largest absolute Gasteiger partial charge is 0.497 e. The van der Waals surface area contributed by atoms with Gasteiger partial charge in [-0.15, -0.1) is 0 Å². The summed E-state index contributed by atoms with van der Waals surface area (Å²) in [5.41, 5.74) is 7.95. The summed E-state index contributed by atoms with van der Waals surface area (Å²) in [5.74, 6) is 0.465. The number of methoxy groups -OCH3 is 1. The summed E-state index contributed by atoms with van der Waals surface area (Å²) in [6, 6.07) is 6.00. The van der Waals surface area contributed by atoms with Crippen molar-refractivity contribution in [3.63, 3.8) is 0 Å². The standard InChI is InChI=1S/C21H25N3O3/c1-12-9-15(27-3)7-8-16(12)19-13(2)23-24-20(14(10-25)11-26)17-5-4-6-18(17)22-21(19)24/h7-9,14,25-26H,4-6,10-11H2,1-3H3. The summed E-state index contributed by atoms with van der Waals surface area (Å²) in [6.07, 6.45) is 2.88. The van der Waals surface area contributed by atoms with Crippen LogP contribution in [0.3, 0.4) is 0 Å². The van der Waals surface area contributed by atoms with Gasteiger partial charge in [-0.25, -0.2) is 9.50 Å². The van der Waals surface area contributed by atoms with E-state index in [2.05, 4.69) is 6.92 Å². The molecule has 0 saturated carbocycles. The van der Waals surface area contributed by atoms with Crippen LogP contribution in [0.4, 0.5) is 0 Å². The number of aliphatic hydroxyl groups excluding tert-OH is 2. The first-order chi connectivity index (χ1) is 13.1. The maximum absolute atomic E-state index is 9.83. The van der Waals surface area contributed by atoms with E-state index < -0.39 is 0 Å². The summed E-state index contributed by atoms with van der Waals surface area (Å²) >= 11 is 0. The van der Waals surface area contributed by atoms with E-state index in [4.69, 9.17) is 14.8 Å². The Bertz CT molecular complexity index is 1010. The quantitative estimate of drug-likeness (QED) is 0.725. The van der Waals surface area contributed by atoms with Crippen molar-refractivity contribution in [3.8, 4) is 16.9 Å². The first-order valence-electron chi connectivity index (χ1n) is 9.36. The van der Waals surface area contributed by atoms with Crippen molar-refractivity contribution in [2.45, 2.75) is 39.0 Å². The van der Waals surface area contributed by atoms with Crippen LogP contribution in [0.25, 0.3) is 16.8 Å². The van der Waals surface area contributed by atoms with Gasteiger partial charge in [-0.05, 0) is 61.9 Å². The molecule has 0 unspecified atom stereocenters. The topological polar surface area (TPSA) is 79.9 Å². The highest BCUT2D eigenvalue weighted by atomic mass is 16.5. The molecule has 0 atom stereocenters. The van der Waals surface area contributed by atoms with Gasteiger partial charge in [0, 0.05) is 17.2 Å². The lowest BCUT2D eigenvalue weighted by atomic mass is 9.99. The van der Waals surface area contributed by atoms with E-state index in [0.29, 0.717) is 0 Å². The maximum Gasteiger partial charge on any atom is 0.163 e. The zero-order valence-electron chi connectivity index (χ0n) is 16.0. The second-order valence-electron chi connectivity index (χ2n) is 7.21. The molecule has 2 heterocycles. The molecule has 6 nitrogen and oxygen atoms in total. The molecule has 2 aromatic heterocycles. The van der Waals surface area contributed by atoms with E-state index in [-0.39, 0.29) is 19.1 Å². The fourth-order valence-electron chi connectivity index (χ4n) is 4.18. The van der Waals surface area contributed by atoms with Crippen LogP contribution in [0.15, 0.2) is 18.2 Å². The Balaban J connectivity index is 2.02. The predicted octanol–water partition coefficient (Wildman–Crippen LogP) is 2.58. The number of hydrogen-bond acceptors (Lipinski definition) is 5. The van der Waals surface area contributed by atoms with E-state index in [9.17, 15) is 10.2 Å². The number of nitrogens with zero attached hydrogens (tertiary/aromatic N) is 3. The molecule has 6 heteroatoms. The van der Waals surface area contributed by atoms with Gasteiger partial charge in [-0.3, -0.25) is 0 Å². The molecule has 1 aliphatic carbocycles. The first-order valence-corrected chi connectivity index (χ1v) is 9.36. The van der Waals surface area contributed by atoms with E-state index in [1.165, 1.54) is 0 Å². The van der Waals surface area contributed by atoms with Crippen LogP contribution in [-0.2, 0) is 12.8 Å². The minimum absolute atomic E-state index is 0.113. The second-order valence-corrected chi connectivity index (χ2v) is 7.21. The highest BCUT2D eigenvalue weighted by Gasteiger charge is 2.28. The highest BCUT2D eigenvalue weighted by Crippen LogP contribution is 2.36. The number of aliphatic hydroxyl groups is 2. The molecule has 0 amide bonds. The molecule has 2 N–H and O–H groups in total. The Morgan fingerprint density at radius 1 is 1.19 bits per heavy atom. The number of benzene rings is 1. The third-order valence-electron chi connectivity index (χ3n) is 5.53. The summed E-state index contributed by atoms with van der Waals surface area (Å²) in [6.45, 7) is 3.81. The molecule has 0 saturated heterocycles. The molecule has 1 aromatic carbocycles. The van der Waals surface area contributed by atoms with Gasteiger partial charge in [-0.1, -0.05) is 6.07 Å². The van der Waals surface area contributed by atoms with E-state index in [0.717, 1.165) is 70.0 Å². The first kappa shape index (κ1) is 17.9. The van der Waals surface area contributed by atoms with Gasteiger partial charge in [0.15, 0.2) is 5.65 Å². The molecule has 0 bridgehead atoms. The van der Waals surface area contributed by atoms with Crippen LogP contribution in [0, 0.1) is 13.8 Å². The smallest absolute Gasteiger partial charge is 0.163 e. The normalized spacial score (nSPS) is 13.6. The zero-order chi connectivity index (χ0) is 19.1.